The number of carbonyl (C=O) groups excluding carboxylic acids is 2. The van der Waals surface area contributed by atoms with Crippen LogP contribution in [0.15, 0.2) is 48.8 Å². The number of anilines is 1. The molecule has 1 amide bonds. The molecular weight excluding hydrogens is 312 g/mol. The molecule has 25 heavy (non-hydrogen) atoms. The highest BCUT2D eigenvalue weighted by molar-refractivity contribution is 6.05. The number of rotatable bonds is 3. The number of ketones is 1. The van der Waals surface area contributed by atoms with Crippen molar-refractivity contribution in [1.82, 2.24) is 4.57 Å². The summed E-state index contributed by atoms with van der Waals surface area (Å²) < 4.78 is 1.98. The fourth-order valence-electron chi connectivity index (χ4n) is 4.90. The molecule has 1 aromatic carbocycles. The van der Waals surface area contributed by atoms with Gasteiger partial charge in [-0.25, -0.2) is 0 Å². The summed E-state index contributed by atoms with van der Waals surface area (Å²) in [4.78, 5) is 26.0. The van der Waals surface area contributed by atoms with Crippen LogP contribution in [-0.4, -0.2) is 16.3 Å². The number of hydrogen-bond donors (Lipinski definition) is 1. The molecule has 1 N–H and O–H groups in total. The van der Waals surface area contributed by atoms with Crippen LogP contribution >= 0.6 is 0 Å². The van der Waals surface area contributed by atoms with Gasteiger partial charge in [0.15, 0.2) is 0 Å². The molecule has 4 nitrogen and oxygen atoms in total. The molecule has 2 aliphatic carbocycles. The Morgan fingerprint density at radius 1 is 1.04 bits per heavy atom. The Hall–Kier alpha value is -2.36. The first kappa shape index (κ1) is 16.1. The van der Waals surface area contributed by atoms with E-state index in [1.165, 1.54) is 0 Å². The van der Waals surface area contributed by atoms with E-state index in [2.05, 4.69) is 19.2 Å². The van der Waals surface area contributed by atoms with Crippen LogP contribution in [0.3, 0.4) is 0 Å². The zero-order valence-corrected chi connectivity index (χ0v) is 15.0. The van der Waals surface area contributed by atoms with Crippen molar-refractivity contribution in [2.24, 2.45) is 16.2 Å². The van der Waals surface area contributed by atoms with Crippen LogP contribution in [0.25, 0.3) is 5.69 Å². The Kier molecular flexibility index (Phi) is 3.27. The van der Waals surface area contributed by atoms with Crippen molar-refractivity contribution in [2.75, 3.05) is 5.32 Å². The first-order valence-corrected chi connectivity index (χ1v) is 8.89. The monoisotopic (exact) mass is 336 g/mol. The predicted molar refractivity (Wildman–Crippen MR) is 97.6 cm³/mol. The third kappa shape index (κ3) is 1.94. The van der Waals surface area contributed by atoms with Crippen molar-refractivity contribution in [1.29, 1.82) is 0 Å². The van der Waals surface area contributed by atoms with Gasteiger partial charge in [-0.05, 0) is 42.5 Å². The molecule has 1 heterocycles. The highest BCUT2D eigenvalue weighted by atomic mass is 16.2. The normalized spacial score (nSPS) is 29.8. The lowest BCUT2D eigenvalue weighted by atomic mass is 9.64. The quantitative estimate of drug-likeness (QED) is 0.913. The zero-order valence-electron chi connectivity index (χ0n) is 15.0. The molecule has 0 unspecified atom stereocenters. The van der Waals surface area contributed by atoms with Gasteiger partial charge in [-0.3, -0.25) is 9.59 Å². The van der Waals surface area contributed by atoms with Crippen LogP contribution in [0.1, 0.15) is 40.0 Å². The number of benzene rings is 1. The highest BCUT2D eigenvalue weighted by Crippen LogP contribution is 2.70. The largest absolute Gasteiger partial charge is 0.324 e. The third-order valence-corrected chi connectivity index (χ3v) is 7.17. The Morgan fingerprint density at radius 2 is 1.72 bits per heavy atom. The van der Waals surface area contributed by atoms with Crippen LogP contribution < -0.4 is 5.32 Å². The molecule has 2 atom stereocenters. The number of carbonyl (C=O) groups is 2. The fourth-order valence-corrected chi connectivity index (χ4v) is 4.90. The predicted octanol–water partition coefficient (Wildman–Crippen LogP) is 4.20. The first-order chi connectivity index (χ1) is 11.8. The zero-order chi connectivity index (χ0) is 17.9. The maximum atomic E-state index is 13.3. The lowest BCUT2D eigenvalue weighted by Crippen LogP contribution is -2.43. The summed E-state index contributed by atoms with van der Waals surface area (Å²) in [5.41, 5.74) is 0.387. The number of nitrogens with one attached hydrogen (secondary N) is 1. The molecule has 2 aliphatic rings. The molecule has 0 radical (unpaired) electrons. The fraction of sp³-hybridized carbons (Fsp3) is 0.429. The number of para-hydroxylation sites is 2. The summed E-state index contributed by atoms with van der Waals surface area (Å²) in [7, 11) is 0. The number of hydrogen-bond acceptors (Lipinski definition) is 2. The molecule has 4 heteroatoms. The lowest BCUT2D eigenvalue weighted by Gasteiger charge is -2.38. The molecule has 1 aromatic heterocycles. The van der Waals surface area contributed by atoms with E-state index in [1.54, 1.807) is 0 Å². The summed E-state index contributed by atoms with van der Waals surface area (Å²) in [6.07, 6.45) is 5.84. The number of aromatic nitrogens is 1. The van der Waals surface area contributed by atoms with Crippen molar-refractivity contribution >= 4 is 17.4 Å². The van der Waals surface area contributed by atoms with E-state index in [9.17, 15) is 9.59 Å². The minimum atomic E-state index is -0.608. The van der Waals surface area contributed by atoms with Gasteiger partial charge in [0.05, 0.1) is 16.8 Å². The van der Waals surface area contributed by atoms with Gasteiger partial charge >= 0.3 is 0 Å². The average Bonchev–Trinajstić information content (AvgIpc) is 3.21. The Morgan fingerprint density at radius 3 is 2.32 bits per heavy atom. The number of Topliss-reactive ketones (excluding diaryl/α,β-unsaturated/α-hetero) is 1. The van der Waals surface area contributed by atoms with Crippen LogP contribution in [0.2, 0.25) is 0 Å². The van der Waals surface area contributed by atoms with Crippen LogP contribution in [0, 0.1) is 16.2 Å². The van der Waals surface area contributed by atoms with Crippen molar-refractivity contribution in [3.8, 4) is 5.69 Å². The second kappa shape index (κ2) is 5.07. The summed E-state index contributed by atoms with van der Waals surface area (Å²) in [5, 5.41) is 3.14. The molecule has 4 rings (SSSR count). The SMILES string of the molecule is CC1(C)[C@]2(C(=O)Nc3ccccc3-n3cccc3)CC[C@@]1(C)C(=O)C2. The van der Waals surface area contributed by atoms with E-state index >= 15 is 0 Å². The van der Waals surface area contributed by atoms with E-state index < -0.39 is 5.41 Å². The van der Waals surface area contributed by atoms with E-state index in [0.29, 0.717) is 6.42 Å². The van der Waals surface area contributed by atoms with Crippen LogP contribution in [0.5, 0.6) is 0 Å². The van der Waals surface area contributed by atoms with Crippen molar-refractivity contribution < 1.29 is 9.59 Å². The summed E-state index contributed by atoms with van der Waals surface area (Å²) in [5.74, 6) is 0.212. The number of fused-ring (bicyclic) bond motifs is 2. The Bertz CT molecular complexity index is 853. The third-order valence-electron chi connectivity index (χ3n) is 7.17. The van der Waals surface area contributed by atoms with Crippen molar-refractivity contribution in [2.45, 2.75) is 40.0 Å². The summed E-state index contributed by atoms with van der Waals surface area (Å²) in [6, 6.07) is 11.7. The minimum absolute atomic E-state index is 0.0216. The molecule has 2 saturated carbocycles. The second-order valence-electron chi connectivity index (χ2n) is 8.20. The van der Waals surface area contributed by atoms with Crippen LogP contribution in [-0.2, 0) is 9.59 Å². The summed E-state index contributed by atoms with van der Waals surface area (Å²) in [6.45, 7) is 6.20. The highest BCUT2D eigenvalue weighted by Gasteiger charge is 2.72. The molecule has 130 valence electrons. The van der Waals surface area contributed by atoms with E-state index in [4.69, 9.17) is 0 Å². The van der Waals surface area contributed by atoms with Crippen molar-refractivity contribution in [3.05, 3.63) is 48.8 Å². The molecule has 2 aromatic rings. The minimum Gasteiger partial charge on any atom is -0.324 e. The van der Waals surface area contributed by atoms with Gasteiger partial charge in [-0.2, -0.15) is 0 Å². The topological polar surface area (TPSA) is 51.1 Å². The lowest BCUT2D eigenvalue weighted by molar-refractivity contribution is -0.131. The van der Waals surface area contributed by atoms with Gasteiger partial charge in [0.25, 0.3) is 0 Å². The van der Waals surface area contributed by atoms with Gasteiger partial charge in [0.1, 0.15) is 5.78 Å². The average molecular weight is 336 g/mol. The van der Waals surface area contributed by atoms with Gasteiger partial charge in [-0.1, -0.05) is 32.9 Å². The van der Waals surface area contributed by atoms with E-state index in [1.807, 2.05) is 60.3 Å². The molecule has 2 fully saturated rings. The van der Waals surface area contributed by atoms with Crippen molar-refractivity contribution in [3.63, 3.8) is 0 Å². The van der Waals surface area contributed by atoms with Gasteiger partial charge < -0.3 is 9.88 Å². The molecule has 2 bridgehead atoms. The molecule has 0 aliphatic heterocycles. The molecular formula is C21H24N2O2. The van der Waals surface area contributed by atoms with E-state index in [-0.39, 0.29) is 22.5 Å². The number of nitrogens with zero attached hydrogens (tertiary/aromatic N) is 1. The van der Waals surface area contributed by atoms with Gasteiger partial charge in [0.2, 0.25) is 5.91 Å². The van der Waals surface area contributed by atoms with Gasteiger partial charge in [0, 0.05) is 24.2 Å². The second-order valence-corrected chi connectivity index (χ2v) is 8.20. The Balaban J connectivity index is 1.70. The standard InChI is InChI=1S/C21H24N2O2/c1-19(2)20(3)10-11-21(19,14-17(20)24)18(25)22-15-8-4-5-9-16(15)23-12-6-7-13-23/h4-9,12-13H,10-11,14H2,1-3H3,(H,22,25)/t20-,21+/m0/s1. The van der Waals surface area contributed by atoms with Crippen LogP contribution in [0.4, 0.5) is 5.69 Å². The van der Waals surface area contributed by atoms with Gasteiger partial charge in [-0.15, -0.1) is 0 Å². The molecule has 0 saturated heterocycles. The maximum Gasteiger partial charge on any atom is 0.231 e. The van der Waals surface area contributed by atoms with E-state index in [0.717, 1.165) is 24.2 Å². The summed E-state index contributed by atoms with van der Waals surface area (Å²) >= 11 is 0. The number of amides is 1. The maximum absolute atomic E-state index is 13.3. The first-order valence-electron chi connectivity index (χ1n) is 8.89. The smallest absolute Gasteiger partial charge is 0.231 e. The Labute approximate surface area is 148 Å². The molecule has 0 spiro atoms.